The number of aryl methyl sites for hydroxylation is 3. The largest absolute Gasteiger partial charge is 0.354 e. The predicted octanol–water partition coefficient (Wildman–Crippen LogP) is 3.06. The molecule has 0 saturated carbocycles. The Balaban J connectivity index is 1.55. The van der Waals surface area contributed by atoms with Crippen LogP contribution in [0.2, 0.25) is 5.02 Å². The van der Waals surface area contributed by atoms with Gasteiger partial charge in [0.05, 0.1) is 10.6 Å². The summed E-state index contributed by atoms with van der Waals surface area (Å²) < 4.78 is 29.6. The second kappa shape index (κ2) is 8.22. The van der Waals surface area contributed by atoms with Crippen molar-refractivity contribution in [3.05, 3.63) is 58.1 Å². The number of rotatable bonds is 4. The van der Waals surface area contributed by atoms with Crippen LogP contribution < -0.4 is 4.90 Å². The Morgan fingerprint density at radius 1 is 0.935 bits per heavy atom. The third kappa shape index (κ3) is 4.17. The topological polar surface area (TPSA) is 84.2 Å². The third-order valence-corrected chi connectivity index (χ3v) is 7.89. The van der Waals surface area contributed by atoms with Crippen LogP contribution in [0.3, 0.4) is 0 Å². The van der Waals surface area contributed by atoms with E-state index in [2.05, 4.69) is 20.0 Å². The Labute approximate surface area is 187 Å². The molecule has 0 bridgehead atoms. The van der Waals surface area contributed by atoms with Crippen molar-refractivity contribution in [2.75, 3.05) is 31.1 Å². The molecule has 31 heavy (non-hydrogen) atoms. The normalized spacial score (nSPS) is 15.5. The van der Waals surface area contributed by atoms with Crippen LogP contribution in [0.1, 0.15) is 22.8 Å². The SMILES string of the molecule is Cc1cc(C)n(-c2cc(N3CCN(S(=O)(=O)c4cccc(Cl)c4C)CC3)nc(C)n2)n1. The van der Waals surface area contributed by atoms with Crippen LogP contribution in [0, 0.1) is 27.7 Å². The maximum Gasteiger partial charge on any atom is 0.243 e. The van der Waals surface area contributed by atoms with E-state index in [1.807, 2.05) is 32.9 Å². The van der Waals surface area contributed by atoms with Gasteiger partial charge in [0, 0.05) is 43.0 Å². The molecule has 164 valence electrons. The van der Waals surface area contributed by atoms with E-state index in [1.54, 1.807) is 29.8 Å². The molecule has 4 rings (SSSR count). The van der Waals surface area contributed by atoms with Crippen LogP contribution >= 0.6 is 11.6 Å². The molecule has 2 aromatic heterocycles. The Kier molecular flexibility index (Phi) is 5.76. The van der Waals surface area contributed by atoms with Gasteiger partial charge in [-0.1, -0.05) is 17.7 Å². The molecule has 3 aromatic rings. The minimum absolute atomic E-state index is 0.262. The lowest BCUT2D eigenvalue weighted by molar-refractivity contribution is 0.383. The molecule has 3 heterocycles. The first-order valence-corrected chi connectivity index (χ1v) is 11.9. The van der Waals surface area contributed by atoms with Gasteiger partial charge in [0.2, 0.25) is 10.0 Å². The van der Waals surface area contributed by atoms with Gasteiger partial charge in [-0.15, -0.1) is 0 Å². The van der Waals surface area contributed by atoms with E-state index in [4.69, 9.17) is 11.6 Å². The summed E-state index contributed by atoms with van der Waals surface area (Å²) in [5, 5.41) is 4.96. The zero-order valence-electron chi connectivity index (χ0n) is 18.0. The Hall–Kier alpha value is -2.49. The number of nitrogens with zero attached hydrogens (tertiary/aromatic N) is 6. The molecule has 1 aliphatic rings. The highest BCUT2D eigenvalue weighted by atomic mass is 35.5. The highest BCUT2D eigenvalue weighted by molar-refractivity contribution is 7.89. The van der Waals surface area contributed by atoms with E-state index in [0.717, 1.165) is 17.2 Å². The van der Waals surface area contributed by atoms with E-state index in [9.17, 15) is 8.42 Å². The average Bonchev–Trinajstić information content (AvgIpc) is 3.07. The highest BCUT2D eigenvalue weighted by Crippen LogP contribution is 2.27. The fourth-order valence-electron chi connectivity index (χ4n) is 3.83. The molecule has 0 N–H and O–H groups in total. The molecule has 0 aliphatic carbocycles. The van der Waals surface area contributed by atoms with Gasteiger partial charge in [-0.25, -0.2) is 23.1 Å². The number of hydrogen-bond donors (Lipinski definition) is 0. The lowest BCUT2D eigenvalue weighted by atomic mass is 10.2. The van der Waals surface area contributed by atoms with E-state index < -0.39 is 10.0 Å². The van der Waals surface area contributed by atoms with Crippen molar-refractivity contribution in [1.82, 2.24) is 24.1 Å². The first-order valence-electron chi connectivity index (χ1n) is 10.1. The number of anilines is 1. The highest BCUT2D eigenvalue weighted by Gasteiger charge is 2.30. The van der Waals surface area contributed by atoms with Crippen LogP contribution in [0.15, 0.2) is 35.2 Å². The van der Waals surface area contributed by atoms with Gasteiger partial charge in [0.25, 0.3) is 0 Å². The minimum Gasteiger partial charge on any atom is -0.354 e. The van der Waals surface area contributed by atoms with Crippen molar-refractivity contribution in [2.24, 2.45) is 0 Å². The third-order valence-electron chi connectivity index (χ3n) is 5.44. The van der Waals surface area contributed by atoms with Crippen molar-refractivity contribution < 1.29 is 8.42 Å². The van der Waals surface area contributed by atoms with Crippen LogP contribution in [0.5, 0.6) is 0 Å². The van der Waals surface area contributed by atoms with Gasteiger partial charge in [0.1, 0.15) is 11.6 Å². The minimum atomic E-state index is -3.61. The molecule has 0 atom stereocenters. The van der Waals surface area contributed by atoms with Crippen LogP contribution in [0.25, 0.3) is 5.82 Å². The van der Waals surface area contributed by atoms with Crippen LogP contribution in [-0.4, -0.2) is 58.7 Å². The van der Waals surface area contributed by atoms with Gasteiger partial charge in [0.15, 0.2) is 5.82 Å². The van der Waals surface area contributed by atoms with Crippen LogP contribution in [-0.2, 0) is 10.0 Å². The summed E-state index contributed by atoms with van der Waals surface area (Å²) >= 11 is 6.14. The first kappa shape index (κ1) is 21.7. The Bertz CT molecular complexity index is 1230. The molecule has 0 amide bonds. The summed E-state index contributed by atoms with van der Waals surface area (Å²) in [6.07, 6.45) is 0. The maximum absolute atomic E-state index is 13.1. The molecule has 8 nitrogen and oxygen atoms in total. The number of benzene rings is 1. The first-order chi connectivity index (χ1) is 14.7. The standard InChI is InChI=1S/C21H25ClN6O2S/c1-14-12-15(2)28(25-14)21-13-20(23-17(4)24-21)26-8-10-27(11-9-26)31(29,30)19-7-5-6-18(22)16(19)3/h5-7,12-13H,8-11H2,1-4H3. The number of aromatic nitrogens is 4. The van der Waals surface area contributed by atoms with E-state index in [0.29, 0.717) is 48.4 Å². The molecule has 0 spiro atoms. The molecule has 1 aromatic carbocycles. The second-order valence-corrected chi connectivity index (χ2v) is 10.0. The fraction of sp³-hybridized carbons (Fsp3) is 0.381. The summed E-state index contributed by atoms with van der Waals surface area (Å²) in [7, 11) is -3.61. The predicted molar refractivity (Wildman–Crippen MR) is 121 cm³/mol. The average molecular weight is 461 g/mol. The van der Waals surface area contributed by atoms with Gasteiger partial charge >= 0.3 is 0 Å². The van der Waals surface area contributed by atoms with Crippen LogP contribution in [0.4, 0.5) is 5.82 Å². The molecule has 0 unspecified atom stereocenters. The quantitative estimate of drug-likeness (QED) is 0.595. The summed E-state index contributed by atoms with van der Waals surface area (Å²) in [6.45, 7) is 9.31. The number of sulfonamides is 1. The monoisotopic (exact) mass is 460 g/mol. The molecule has 0 radical (unpaired) electrons. The van der Waals surface area contributed by atoms with Crippen molar-refractivity contribution in [3.63, 3.8) is 0 Å². The summed E-state index contributed by atoms with van der Waals surface area (Å²) in [6, 6.07) is 8.88. The van der Waals surface area contributed by atoms with E-state index in [-0.39, 0.29) is 4.90 Å². The Morgan fingerprint density at radius 2 is 1.61 bits per heavy atom. The summed E-state index contributed by atoms with van der Waals surface area (Å²) in [4.78, 5) is 11.5. The van der Waals surface area contributed by atoms with Crippen molar-refractivity contribution in [1.29, 1.82) is 0 Å². The van der Waals surface area contributed by atoms with Gasteiger partial charge in [-0.3, -0.25) is 0 Å². The maximum atomic E-state index is 13.1. The van der Waals surface area contributed by atoms with Gasteiger partial charge in [-0.05, 0) is 51.5 Å². The number of hydrogen-bond acceptors (Lipinski definition) is 6. The molecular formula is C21H25ClN6O2S. The summed E-state index contributed by atoms with van der Waals surface area (Å²) in [5.41, 5.74) is 2.49. The van der Waals surface area contributed by atoms with Crippen molar-refractivity contribution in [2.45, 2.75) is 32.6 Å². The molecule has 1 fully saturated rings. The smallest absolute Gasteiger partial charge is 0.243 e. The van der Waals surface area contributed by atoms with Crippen molar-refractivity contribution in [3.8, 4) is 5.82 Å². The van der Waals surface area contributed by atoms with Gasteiger partial charge in [-0.2, -0.15) is 9.40 Å². The van der Waals surface area contributed by atoms with Gasteiger partial charge < -0.3 is 4.90 Å². The lowest BCUT2D eigenvalue weighted by Crippen LogP contribution is -2.49. The fourth-order valence-corrected chi connectivity index (χ4v) is 5.73. The van der Waals surface area contributed by atoms with E-state index in [1.165, 1.54) is 4.31 Å². The molecule has 10 heteroatoms. The number of halogens is 1. The van der Waals surface area contributed by atoms with E-state index >= 15 is 0 Å². The lowest BCUT2D eigenvalue weighted by Gasteiger charge is -2.35. The Morgan fingerprint density at radius 3 is 2.26 bits per heavy atom. The molecular weight excluding hydrogens is 436 g/mol. The van der Waals surface area contributed by atoms with Crippen molar-refractivity contribution >= 4 is 27.4 Å². The zero-order valence-corrected chi connectivity index (χ0v) is 19.6. The molecule has 1 saturated heterocycles. The molecule has 1 aliphatic heterocycles. The zero-order chi connectivity index (χ0) is 22.3. The number of piperazine rings is 1. The second-order valence-electron chi connectivity index (χ2n) is 7.72. The summed E-state index contributed by atoms with van der Waals surface area (Å²) in [5.74, 6) is 2.12.